The number of hydrogen-bond acceptors (Lipinski definition) is 11. The summed E-state index contributed by atoms with van der Waals surface area (Å²) in [5.74, 6) is -0.472. The van der Waals surface area contributed by atoms with E-state index in [1.54, 1.807) is 0 Å². The van der Waals surface area contributed by atoms with E-state index in [1.165, 1.54) is 154 Å². The maximum Gasteiger partial charge on any atom is 0.472 e. The van der Waals surface area contributed by atoms with E-state index in [0.717, 1.165) is 38.5 Å². The Hall–Kier alpha value is -0.660. The number of aliphatic hydroxyl groups is 5. The van der Waals surface area contributed by atoms with Crippen molar-refractivity contribution in [2.24, 2.45) is 0 Å². The van der Waals surface area contributed by atoms with Crippen LogP contribution in [0.4, 0.5) is 0 Å². The van der Waals surface area contributed by atoms with Gasteiger partial charge in [-0.15, -0.1) is 0 Å². The van der Waals surface area contributed by atoms with Gasteiger partial charge in [0.2, 0.25) is 0 Å². The van der Waals surface area contributed by atoms with Crippen molar-refractivity contribution in [1.82, 2.24) is 0 Å². The lowest BCUT2D eigenvalue weighted by molar-refractivity contribution is -0.220. The molecular weight excluding hydrogens is 763 g/mol. The standard InChI is InChI=1S/C45H89O12P/c1-3-5-7-9-11-13-15-17-18-19-20-21-23-25-27-29-31-33-35-54-36-38(37-55-58(52,53)57-45-43(50)41(48)40(47)42(49)44(45)51)56-39(46)34-32-30-28-26-24-22-16-14-12-10-8-6-4-2/h38,40-45,47-51H,3-37H2,1-2H3,(H,52,53). The summed E-state index contributed by atoms with van der Waals surface area (Å²) in [5, 5.41) is 50.2. The van der Waals surface area contributed by atoms with Crippen LogP contribution in [0.25, 0.3) is 0 Å². The minimum atomic E-state index is -5.01. The zero-order chi connectivity index (χ0) is 42.7. The molecule has 6 unspecified atom stereocenters. The van der Waals surface area contributed by atoms with Gasteiger partial charge >= 0.3 is 13.8 Å². The Labute approximate surface area is 353 Å². The fourth-order valence-electron chi connectivity index (χ4n) is 7.65. The number of esters is 1. The van der Waals surface area contributed by atoms with E-state index in [1.807, 2.05) is 0 Å². The van der Waals surface area contributed by atoms with Gasteiger partial charge in [-0.05, 0) is 12.8 Å². The lowest BCUT2D eigenvalue weighted by Crippen LogP contribution is -2.64. The molecule has 1 aliphatic carbocycles. The molecule has 58 heavy (non-hydrogen) atoms. The van der Waals surface area contributed by atoms with Crippen LogP contribution in [0.3, 0.4) is 0 Å². The Kier molecular flexibility index (Phi) is 35.3. The molecule has 0 amide bonds. The van der Waals surface area contributed by atoms with Crippen molar-refractivity contribution in [3.8, 4) is 0 Å². The van der Waals surface area contributed by atoms with Crippen LogP contribution in [-0.2, 0) is 27.9 Å². The molecular formula is C45H89O12P. The summed E-state index contributed by atoms with van der Waals surface area (Å²) in [7, 11) is -5.01. The third-order valence-electron chi connectivity index (χ3n) is 11.5. The third kappa shape index (κ3) is 28.8. The number of aliphatic hydroxyl groups excluding tert-OH is 5. The molecule has 6 N–H and O–H groups in total. The first kappa shape index (κ1) is 55.4. The third-order valence-corrected chi connectivity index (χ3v) is 12.5. The predicted molar refractivity (Wildman–Crippen MR) is 230 cm³/mol. The number of rotatable bonds is 41. The maximum atomic E-state index is 12.8. The molecule has 0 saturated heterocycles. The van der Waals surface area contributed by atoms with E-state index in [-0.39, 0.29) is 13.0 Å². The molecule has 13 heteroatoms. The predicted octanol–water partition coefficient (Wildman–Crippen LogP) is 9.76. The molecule has 0 heterocycles. The SMILES string of the molecule is CCCCCCCCCCCCCCCCCCCCOCC(COP(=O)(O)OC1C(O)C(O)C(O)C(O)C1O)OC(=O)CCCCCCCCCCCCCCC. The number of hydrogen-bond donors (Lipinski definition) is 6. The first-order valence-electron chi connectivity index (χ1n) is 23.9. The number of unbranched alkanes of at least 4 members (excludes halogenated alkanes) is 29. The van der Waals surface area contributed by atoms with Gasteiger partial charge < -0.3 is 39.9 Å². The summed E-state index contributed by atoms with van der Waals surface area (Å²) < 4.78 is 34.2. The molecule has 0 aromatic rings. The van der Waals surface area contributed by atoms with Gasteiger partial charge in [0.15, 0.2) is 0 Å². The van der Waals surface area contributed by atoms with Crippen molar-refractivity contribution < 1.29 is 58.3 Å². The topological polar surface area (TPSA) is 192 Å². The van der Waals surface area contributed by atoms with Crippen LogP contribution >= 0.6 is 7.82 Å². The smallest absolute Gasteiger partial charge is 0.457 e. The second-order valence-corrected chi connectivity index (χ2v) is 18.4. The molecule has 0 aliphatic heterocycles. The first-order valence-corrected chi connectivity index (χ1v) is 25.4. The van der Waals surface area contributed by atoms with Gasteiger partial charge in [0.05, 0.1) is 13.2 Å². The summed E-state index contributed by atoms with van der Waals surface area (Å²) >= 11 is 0. The molecule has 0 aromatic heterocycles. The van der Waals surface area contributed by atoms with Crippen LogP contribution in [0.2, 0.25) is 0 Å². The van der Waals surface area contributed by atoms with Crippen molar-refractivity contribution in [2.75, 3.05) is 19.8 Å². The van der Waals surface area contributed by atoms with E-state index in [2.05, 4.69) is 13.8 Å². The summed E-state index contributed by atoms with van der Waals surface area (Å²) in [5.41, 5.74) is 0. The zero-order valence-electron chi connectivity index (χ0n) is 36.9. The molecule has 346 valence electrons. The molecule has 1 saturated carbocycles. The highest BCUT2D eigenvalue weighted by molar-refractivity contribution is 7.47. The molecule has 6 atom stereocenters. The van der Waals surface area contributed by atoms with Gasteiger partial charge in [0.1, 0.15) is 42.7 Å². The van der Waals surface area contributed by atoms with E-state index in [9.17, 15) is 39.8 Å². The Morgan fingerprint density at radius 2 is 0.810 bits per heavy atom. The number of carbonyl (C=O) groups excluding carboxylic acids is 1. The number of phosphoric acid groups is 1. The number of phosphoric ester groups is 1. The molecule has 1 fully saturated rings. The van der Waals surface area contributed by atoms with E-state index in [4.69, 9.17) is 18.5 Å². The maximum absolute atomic E-state index is 12.8. The highest BCUT2D eigenvalue weighted by atomic mass is 31.2. The monoisotopic (exact) mass is 853 g/mol. The average Bonchev–Trinajstić information content (AvgIpc) is 3.21. The van der Waals surface area contributed by atoms with Crippen LogP contribution < -0.4 is 0 Å². The van der Waals surface area contributed by atoms with Gasteiger partial charge in [0, 0.05) is 13.0 Å². The molecule has 0 radical (unpaired) electrons. The molecule has 0 bridgehead atoms. The summed E-state index contributed by atoms with van der Waals surface area (Å²) in [4.78, 5) is 23.1. The summed E-state index contributed by atoms with van der Waals surface area (Å²) in [6.45, 7) is 4.29. The largest absolute Gasteiger partial charge is 0.472 e. The van der Waals surface area contributed by atoms with Crippen molar-refractivity contribution in [1.29, 1.82) is 0 Å². The van der Waals surface area contributed by atoms with Gasteiger partial charge in [-0.2, -0.15) is 0 Å². The summed E-state index contributed by atoms with van der Waals surface area (Å²) in [6, 6.07) is 0. The fourth-order valence-corrected chi connectivity index (χ4v) is 8.62. The van der Waals surface area contributed by atoms with Gasteiger partial charge in [0.25, 0.3) is 0 Å². The molecule has 1 aliphatic rings. The minimum absolute atomic E-state index is 0.0679. The number of carbonyl (C=O) groups is 1. The lowest BCUT2D eigenvalue weighted by atomic mass is 9.85. The van der Waals surface area contributed by atoms with Gasteiger partial charge in [-0.1, -0.05) is 200 Å². The van der Waals surface area contributed by atoms with E-state index >= 15 is 0 Å². The van der Waals surface area contributed by atoms with Crippen LogP contribution in [0.5, 0.6) is 0 Å². The minimum Gasteiger partial charge on any atom is -0.457 e. The van der Waals surface area contributed by atoms with Crippen LogP contribution in [0.1, 0.15) is 219 Å². The highest BCUT2D eigenvalue weighted by Crippen LogP contribution is 2.47. The molecule has 12 nitrogen and oxygen atoms in total. The summed E-state index contributed by atoms with van der Waals surface area (Å²) in [6.07, 6.45) is 26.0. The second kappa shape index (κ2) is 36.9. The molecule has 0 spiro atoms. The van der Waals surface area contributed by atoms with E-state index < -0.39 is 63.1 Å². The highest BCUT2D eigenvalue weighted by Gasteiger charge is 2.51. The molecule has 1 rings (SSSR count). The van der Waals surface area contributed by atoms with Crippen LogP contribution in [-0.4, -0.2) is 98.9 Å². The van der Waals surface area contributed by atoms with Crippen LogP contribution in [0, 0.1) is 0 Å². The van der Waals surface area contributed by atoms with Crippen molar-refractivity contribution in [2.45, 2.75) is 262 Å². The van der Waals surface area contributed by atoms with E-state index in [0.29, 0.717) is 13.0 Å². The molecule has 0 aromatic carbocycles. The van der Waals surface area contributed by atoms with Crippen molar-refractivity contribution in [3.05, 3.63) is 0 Å². The Morgan fingerprint density at radius 1 is 0.483 bits per heavy atom. The normalized spacial score (nSPS) is 22.6. The van der Waals surface area contributed by atoms with Gasteiger partial charge in [-0.3, -0.25) is 13.8 Å². The van der Waals surface area contributed by atoms with Crippen LogP contribution in [0.15, 0.2) is 0 Å². The van der Waals surface area contributed by atoms with Gasteiger partial charge in [-0.25, -0.2) is 4.57 Å². The second-order valence-electron chi connectivity index (χ2n) is 17.0. The Bertz CT molecular complexity index is 973. The van der Waals surface area contributed by atoms with Crippen molar-refractivity contribution in [3.63, 3.8) is 0 Å². The Balaban J connectivity index is 2.35. The zero-order valence-corrected chi connectivity index (χ0v) is 37.8. The average molecular weight is 853 g/mol. The Morgan fingerprint density at radius 3 is 1.19 bits per heavy atom. The number of ether oxygens (including phenoxy) is 2. The quantitative estimate of drug-likeness (QED) is 0.0194. The first-order chi connectivity index (χ1) is 28.0. The fraction of sp³-hybridized carbons (Fsp3) is 0.978. The lowest BCUT2D eigenvalue weighted by Gasteiger charge is -2.41. The van der Waals surface area contributed by atoms with Crippen molar-refractivity contribution >= 4 is 13.8 Å².